The van der Waals surface area contributed by atoms with Crippen LogP contribution in [-0.4, -0.2) is 36.9 Å². The van der Waals surface area contributed by atoms with Gasteiger partial charge in [-0.2, -0.15) is 0 Å². The zero-order chi connectivity index (χ0) is 25.5. The quantitative estimate of drug-likeness (QED) is 0.358. The molecule has 182 valence electrons. The summed E-state index contributed by atoms with van der Waals surface area (Å²) in [6.07, 6.45) is 2.65. The largest absolute Gasteiger partial charge is 0.467 e. The molecule has 0 radical (unpaired) electrons. The molecule has 0 aliphatic heterocycles. The molecule has 35 heavy (non-hydrogen) atoms. The van der Waals surface area contributed by atoms with Gasteiger partial charge in [0.15, 0.2) is 0 Å². The Morgan fingerprint density at radius 3 is 2.09 bits per heavy atom. The summed E-state index contributed by atoms with van der Waals surface area (Å²) in [5, 5.41) is 12.5. The van der Waals surface area contributed by atoms with Gasteiger partial charge in [-0.15, -0.1) is 0 Å². The minimum absolute atomic E-state index is 0.111. The van der Waals surface area contributed by atoms with E-state index in [1.165, 1.54) is 12.2 Å². The number of aliphatic hydroxyl groups is 1. The van der Waals surface area contributed by atoms with E-state index in [2.05, 4.69) is 15.9 Å². The van der Waals surface area contributed by atoms with Crippen LogP contribution in [0.2, 0.25) is 5.02 Å². The van der Waals surface area contributed by atoms with Crippen molar-refractivity contribution >= 4 is 45.5 Å². The molecule has 3 rings (SSSR count). The van der Waals surface area contributed by atoms with Crippen LogP contribution < -0.4 is 0 Å². The molecule has 0 saturated carbocycles. The maximum Gasteiger partial charge on any atom is 0.346 e. The van der Waals surface area contributed by atoms with E-state index in [9.17, 15) is 14.7 Å². The van der Waals surface area contributed by atoms with Crippen LogP contribution in [0.3, 0.4) is 0 Å². The second kappa shape index (κ2) is 11.6. The molecular weight excluding hydrogens is 536 g/mol. The highest BCUT2D eigenvalue weighted by Gasteiger charge is 2.63. The third-order valence-electron chi connectivity index (χ3n) is 5.44. The highest BCUT2D eigenvalue weighted by Crippen LogP contribution is 2.42. The number of rotatable bonds is 9. The second-order valence-electron chi connectivity index (χ2n) is 7.60. The molecule has 0 bridgehead atoms. The summed E-state index contributed by atoms with van der Waals surface area (Å²) in [4.78, 5) is 26.7. The molecule has 0 aromatic heterocycles. The summed E-state index contributed by atoms with van der Waals surface area (Å²) < 4.78 is 17.0. The van der Waals surface area contributed by atoms with Crippen molar-refractivity contribution in [3.05, 3.63) is 111 Å². The van der Waals surface area contributed by atoms with Crippen LogP contribution in [-0.2, 0) is 36.0 Å². The summed E-state index contributed by atoms with van der Waals surface area (Å²) in [6, 6.07) is 22.2. The molecule has 0 saturated heterocycles. The van der Waals surface area contributed by atoms with Gasteiger partial charge < -0.3 is 19.3 Å². The smallest absolute Gasteiger partial charge is 0.346 e. The molecule has 8 heteroatoms. The normalized spacial score (nSPS) is 14.7. The Kier molecular flexibility index (Phi) is 8.86. The number of ether oxygens (including phenoxy) is 3. The van der Waals surface area contributed by atoms with E-state index in [1.54, 1.807) is 60.7 Å². The van der Waals surface area contributed by atoms with Crippen LogP contribution >= 0.6 is 27.5 Å². The lowest BCUT2D eigenvalue weighted by atomic mass is 9.76. The van der Waals surface area contributed by atoms with Gasteiger partial charge in [-0.05, 0) is 47.0 Å². The number of benzene rings is 3. The highest BCUT2D eigenvalue weighted by atomic mass is 79.9. The number of methoxy groups -OCH3 is 2. The van der Waals surface area contributed by atoms with E-state index >= 15 is 0 Å². The van der Waals surface area contributed by atoms with Gasteiger partial charge in [0.2, 0.25) is 11.2 Å². The molecule has 0 amide bonds. The summed E-state index contributed by atoms with van der Waals surface area (Å²) in [7, 11) is 2.27. The van der Waals surface area contributed by atoms with Crippen molar-refractivity contribution in [1.29, 1.82) is 0 Å². The first kappa shape index (κ1) is 26.6. The Morgan fingerprint density at radius 2 is 1.51 bits per heavy atom. The standard InChI is InChI=1S/C27H24BrClO6/c1-33-24(30)26(32,17-16-19-8-14-23(29)15-9-19)27(25(31)34-2,21-10-12-22(28)13-11-21)35-18-20-6-4-3-5-7-20/h3-17,32H,18H2,1-2H3/b17-16+/t26-,27+/m0/s1. The zero-order valence-electron chi connectivity index (χ0n) is 19.1. The average Bonchev–Trinajstić information content (AvgIpc) is 2.89. The van der Waals surface area contributed by atoms with Gasteiger partial charge >= 0.3 is 11.9 Å². The first-order valence-corrected chi connectivity index (χ1v) is 11.7. The van der Waals surface area contributed by atoms with Gasteiger partial charge in [0.25, 0.3) is 0 Å². The van der Waals surface area contributed by atoms with Gasteiger partial charge in [-0.25, -0.2) is 9.59 Å². The van der Waals surface area contributed by atoms with Gasteiger partial charge in [-0.1, -0.05) is 88.2 Å². The first-order chi connectivity index (χ1) is 16.8. The Labute approximate surface area is 217 Å². The van der Waals surface area contributed by atoms with Crippen LogP contribution in [0.1, 0.15) is 16.7 Å². The number of hydrogen-bond acceptors (Lipinski definition) is 6. The molecule has 2 atom stereocenters. The van der Waals surface area contributed by atoms with Crippen molar-refractivity contribution in [2.75, 3.05) is 14.2 Å². The highest BCUT2D eigenvalue weighted by molar-refractivity contribution is 9.10. The molecule has 0 aliphatic carbocycles. The van der Waals surface area contributed by atoms with Crippen molar-refractivity contribution in [2.45, 2.75) is 17.8 Å². The van der Waals surface area contributed by atoms with Crippen molar-refractivity contribution < 1.29 is 28.9 Å². The van der Waals surface area contributed by atoms with Crippen LogP contribution in [0.25, 0.3) is 6.08 Å². The van der Waals surface area contributed by atoms with Gasteiger partial charge in [-0.3, -0.25) is 0 Å². The number of hydrogen-bond donors (Lipinski definition) is 1. The summed E-state index contributed by atoms with van der Waals surface area (Å²) in [5.41, 5.74) is -3.40. The molecule has 0 spiro atoms. The van der Waals surface area contributed by atoms with Crippen LogP contribution in [0, 0.1) is 0 Å². The minimum Gasteiger partial charge on any atom is -0.467 e. The summed E-state index contributed by atoms with van der Waals surface area (Å²) in [5.74, 6) is -2.09. The molecule has 3 aromatic carbocycles. The molecule has 6 nitrogen and oxygen atoms in total. The van der Waals surface area contributed by atoms with Gasteiger partial charge in [0.1, 0.15) is 0 Å². The second-order valence-corrected chi connectivity index (χ2v) is 8.95. The van der Waals surface area contributed by atoms with Gasteiger partial charge in [0, 0.05) is 9.50 Å². The maximum atomic E-state index is 13.5. The fourth-order valence-corrected chi connectivity index (χ4v) is 4.01. The first-order valence-electron chi connectivity index (χ1n) is 10.5. The van der Waals surface area contributed by atoms with Crippen molar-refractivity contribution in [2.24, 2.45) is 0 Å². The minimum atomic E-state index is -2.61. The third kappa shape index (κ3) is 5.65. The lowest BCUT2D eigenvalue weighted by Crippen LogP contribution is -2.62. The Bertz CT molecular complexity index is 1180. The topological polar surface area (TPSA) is 82.1 Å². The van der Waals surface area contributed by atoms with E-state index in [0.29, 0.717) is 16.1 Å². The van der Waals surface area contributed by atoms with Crippen LogP contribution in [0.5, 0.6) is 0 Å². The van der Waals surface area contributed by atoms with Crippen LogP contribution in [0.4, 0.5) is 0 Å². The van der Waals surface area contributed by atoms with E-state index in [1.807, 2.05) is 18.2 Å². The zero-order valence-corrected chi connectivity index (χ0v) is 21.5. The predicted molar refractivity (Wildman–Crippen MR) is 137 cm³/mol. The molecule has 0 unspecified atom stereocenters. The van der Waals surface area contributed by atoms with Gasteiger partial charge in [0.05, 0.1) is 20.8 Å². The Morgan fingerprint density at radius 1 is 0.914 bits per heavy atom. The SMILES string of the molecule is COC(=O)[C@@](O)(/C=C/c1ccc(Cl)cc1)[C@](OCc1ccccc1)(C(=O)OC)c1ccc(Br)cc1. The molecule has 3 aromatic rings. The van der Waals surface area contributed by atoms with E-state index in [4.69, 9.17) is 25.8 Å². The van der Waals surface area contributed by atoms with Crippen LogP contribution in [0.15, 0.2) is 89.4 Å². The number of carbonyl (C=O) groups is 2. The average molecular weight is 560 g/mol. The molecule has 0 aliphatic rings. The molecule has 0 fully saturated rings. The lowest BCUT2D eigenvalue weighted by molar-refractivity contribution is -0.218. The van der Waals surface area contributed by atoms with E-state index < -0.39 is 23.1 Å². The number of carbonyl (C=O) groups excluding carboxylic acids is 2. The lowest BCUT2D eigenvalue weighted by Gasteiger charge is -2.41. The monoisotopic (exact) mass is 558 g/mol. The predicted octanol–water partition coefficient (Wildman–Crippen LogP) is 5.31. The third-order valence-corrected chi connectivity index (χ3v) is 6.22. The van der Waals surface area contributed by atoms with E-state index in [0.717, 1.165) is 18.7 Å². The number of esters is 2. The van der Waals surface area contributed by atoms with Crippen molar-refractivity contribution in [3.63, 3.8) is 0 Å². The summed E-state index contributed by atoms with van der Waals surface area (Å²) >= 11 is 9.33. The Balaban J connectivity index is 2.24. The van der Waals surface area contributed by atoms with Crippen molar-refractivity contribution in [1.82, 2.24) is 0 Å². The van der Waals surface area contributed by atoms with E-state index in [-0.39, 0.29) is 12.2 Å². The number of halogens is 2. The Hall–Kier alpha value is -2.97. The van der Waals surface area contributed by atoms with Crippen molar-refractivity contribution in [3.8, 4) is 0 Å². The summed E-state index contributed by atoms with van der Waals surface area (Å²) in [6.45, 7) is -0.111. The molecule has 0 heterocycles. The molecular formula is C27H24BrClO6. The maximum absolute atomic E-state index is 13.5. The molecule has 1 N–H and O–H groups in total. The fraction of sp³-hybridized carbons (Fsp3) is 0.185. The fourth-order valence-electron chi connectivity index (χ4n) is 3.62.